The Hall–Kier alpha value is -1.73. The first-order chi connectivity index (χ1) is 12.5. The Morgan fingerprint density at radius 1 is 1.23 bits per heavy atom. The number of aromatic nitrogens is 2. The summed E-state index contributed by atoms with van der Waals surface area (Å²) in [6, 6.07) is 6.61. The van der Waals surface area contributed by atoms with Crippen LogP contribution >= 0.6 is 15.9 Å². The molecule has 5 nitrogen and oxygen atoms in total. The molecule has 1 aromatic heterocycles. The summed E-state index contributed by atoms with van der Waals surface area (Å²) in [5.41, 5.74) is 2.49. The van der Waals surface area contributed by atoms with Gasteiger partial charge in [-0.2, -0.15) is 5.10 Å². The van der Waals surface area contributed by atoms with Gasteiger partial charge in [-0.3, -0.25) is 14.8 Å². The Morgan fingerprint density at radius 2 is 1.96 bits per heavy atom. The van der Waals surface area contributed by atoms with Gasteiger partial charge in [0.2, 0.25) is 0 Å². The Morgan fingerprint density at radius 3 is 2.62 bits per heavy atom. The molecule has 1 N–H and O–H groups in total. The van der Waals surface area contributed by atoms with E-state index in [0.29, 0.717) is 12.2 Å². The monoisotopic (exact) mass is 422 g/mol. The number of nitrogens with zero attached hydrogens (tertiary/aromatic N) is 3. The predicted molar refractivity (Wildman–Crippen MR) is 103 cm³/mol. The Balaban J connectivity index is 1.63. The number of amides is 1. The molecule has 2 aromatic rings. The average molecular weight is 423 g/mol. The summed E-state index contributed by atoms with van der Waals surface area (Å²) in [6.45, 7) is 7.98. The number of aromatic amines is 1. The molecule has 7 heteroatoms. The third-order valence-corrected chi connectivity index (χ3v) is 5.51. The maximum Gasteiger partial charge on any atom is 0.275 e. The molecule has 0 atom stereocenters. The molecule has 140 valence electrons. The van der Waals surface area contributed by atoms with Gasteiger partial charge in [0.1, 0.15) is 5.82 Å². The molecule has 0 spiro atoms. The third-order valence-electron chi connectivity index (χ3n) is 4.71. The van der Waals surface area contributed by atoms with Crippen molar-refractivity contribution in [2.45, 2.75) is 32.7 Å². The van der Waals surface area contributed by atoms with Crippen LogP contribution in [0.25, 0.3) is 0 Å². The molecular formula is C19H24BrFN4O. The first kappa shape index (κ1) is 19.0. The second-order valence-corrected chi connectivity index (χ2v) is 7.80. The standard InChI is InChI=1S/C19H24BrFN4O/c1-13(2)17-16(20)18(23-22-17)19(26)25-9-3-8-24(10-11-25)12-14-4-6-15(21)7-5-14/h4-7,13H,3,8-12H2,1-2H3,(H,22,23). The van der Waals surface area contributed by atoms with Crippen LogP contribution in [-0.4, -0.2) is 52.1 Å². The smallest absolute Gasteiger partial charge is 0.275 e. The first-order valence-electron chi connectivity index (χ1n) is 8.95. The van der Waals surface area contributed by atoms with Crippen molar-refractivity contribution in [3.05, 3.63) is 51.5 Å². The molecule has 1 saturated heterocycles. The van der Waals surface area contributed by atoms with Gasteiger partial charge in [0.15, 0.2) is 5.69 Å². The number of carbonyl (C=O) groups is 1. The van der Waals surface area contributed by atoms with Crippen molar-refractivity contribution < 1.29 is 9.18 Å². The predicted octanol–water partition coefficient (Wildman–Crippen LogP) is 3.78. The van der Waals surface area contributed by atoms with E-state index in [2.05, 4.69) is 44.9 Å². The van der Waals surface area contributed by atoms with E-state index in [1.165, 1.54) is 12.1 Å². The van der Waals surface area contributed by atoms with Gasteiger partial charge in [-0.25, -0.2) is 4.39 Å². The molecule has 2 heterocycles. The van der Waals surface area contributed by atoms with E-state index in [1.54, 1.807) is 0 Å². The molecule has 1 aliphatic rings. The lowest BCUT2D eigenvalue weighted by Gasteiger charge is -2.21. The van der Waals surface area contributed by atoms with E-state index in [-0.39, 0.29) is 17.6 Å². The van der Waals surface area contributed by atoms with Crippen LogP contribution in [0.15, 0.2) is 28.7 Å². The number of rotatable bonds is 4. The van der Waals surface area contributed by atoms with E-state index in [4.69, 9.17) is 0 Å². The van der Waals surface area contributed by atoms with Crippen molar-refractivity contribution in [2.24, 2.45) is 0 Å². The fourth-order valence-electron chi connectivity index (χ4n) is 3.20. The van der Waals surface area contributed by atoms with Crippen LogP contribution in [0.3, 0.4) is 0 Å². The average Bonchev–Trinajstić information content (AvgIpc) is 2.85. The number of carbonyl (C=O) groups excluding carboxylic acids is 1. The molecule has 0 radical (unpaired) electrons. The summed E-state index contributed by atoms with van der Waals surface area (Å²) < 4.78 is 13.8. The highest BCUT2D eigenvalue weighted by Gasteiger charge is 2.26. The highest BCUT2D eigenvalue weighted by atomic mass is 79.9. The molecule has 1 amide bonds. The van der Waals surface area contributed by atoms with Gasteiger partial charge in [0.05, 0.1) is 10.2 Å². The second-order valence-electron chi connectivity index (χ2n) is 7.00. The van der Waals surface area contributed by atoms with Crippen molar-refractivity contribution in [1.82, 2.24) is 20.0 Å². The van der Waals surface area contributed by atoms with Crippen LogP contribution in [-0.2, 0) is 6.54 Å². The molecule has 0 unspecified atom stereocenters. The number of halogens is 2. The largest absolute Gasteiger partial charge is 0.336 e. The van der Waals surface area contributed by atoms with Crippen LogP contribution in [0.2, 0.25) is 0 Å². The van der Waals surface area contributed by atoms with Crippen molar-refractivity contribution in [1.29, 1.82) is 0 Å². The summed E-state index contributed by atoms with van der Waals surface area (Å²) >= 11 is 3.52. The fourth-order valence-corrected chi connectivity index (χ4v) is 4.00. The van der Waals surface area contributed by atoms with E-state index < -0.39 is 0 Å². The van der Waals surface area contributed by atoms with Gasteiger partial charge in [-0.1, -0.05) is 26.0 Å². The van der Waals surface area contributed by atoms with Crippen molar-refractivity contribution >= 4 is 21.8 Å². The molecule has 0 bridgehead atoms. The highest BCUT2D eigenvalue weighted by molar-refractivity contribution is 9.10. The lowest BCUT2D eigenvalue weighted by molar-refractivity contribution is 0.0754. The van der Waals surface area contributed by atoms with E-state index in [0.717, 1.165) is 48.3 Å². The number of benzene rings is 1. The minimum Gasteiger partial charge on any atom is -0.336 e. The summed E-state index contributed by atoms with van der Waals surface area (Å²) in [7, 11) is 0. The maximum atomic E-state index is 13.0. The lowest BCUT2D eigenvalue weighted by Crippen LogP contribution is -2.35. The minimum atomic E-state index is -0.216. The molecule has 0 saturated carbocycles. The SMILES string of the molecule is CC(C)c1[nH]nc(C(=O)N2CCCN(Cc3ccc(F)cc3)CC2)c1Br. The topological polar surface area (TPSA) is 52.2 Å². The van der Waals surface area contributed by atoms with Gasteiger partial charge in [0, 0.05) is 32.7 Å². The van der Waals surface area contributed by atoms with E-state index in [1.807, 2.05) is 17.0 Å². The van der Waals surface area contributed by atoms with E-state index >= 15 is 0 Å². The Kier molecular flexibility index (Phi) is 6.09. The fraction of sp³-hybridized carbons (Fsp3) is 0.474. The summed E-state index contributed by atoms with van der Waals surface area (Å²) in [6.07, 6.45) is 0.909. The molecule has 1 aromatic carbocycles. The number of hydrogen-bond acceptors (Lipinski definition) is 3. The normalized spacial score (nSPS) is 16.1. The van der Waals surface area contributed by atoms with E-state index in [9.17, 15) is 9.18 Å². The number of hydrogen-bond donors (Lipinski definition) is 1. The first-order valence-corrected chi connectivity index (χ1v) is 9.75. The number of nitrogens with one attached hydrogen (secondary N) is 1. The quantitative estimate of drug-likeness (QED) is 0.815. The zero-order valence-electron chi connectivity index (χ0n) is 15.1. The highest BCUT2D eigenvalue weighted by Crippen LogP contribution is 2.26. The van der Waals surface area contributed by atoms with Gasteiger partial charge in [-0.15, -0.1) is 0 Å². The van der Waals surface area contributed by atoms with Crippen molar-refractivity contribution in [3.8, 4) is 0 Å². The van der Waals surface area contributed by atoms with Crippen LogP contribution in [0, 0.1) is 5.82 Å². The van der Waals surface area contributed by atoms with Crippen molar-refractivity contribution in [2.75, 3.05) is 26.2 Å². The van der Waals surface area contributed by atoms with Gasteiger partial charge < -0.3 is 4.90 Å². The molecule has 0 aliphatic carbocycles. The molecular weight excluding hydrogens is 399 g/mol. The van der Waals surface area contributed by atoms with Crippen molar-refractivity contribution in [3.63, 3.8) is 0 Å². The van der Waals surface area contributed by atoms with Crippen LogP contribution in [0.1, 0.15) is 47.9 Å². The molecule has 26 heavy (non-hydrogen) atoms. The zero-order valence-corrected chi connectivity index (χ0v) is 16.7. The molecule has 1 aliphatic heterocycles. The minimum absolute atomic E-state index is 0.0383. The summed E-state index contributed by atoms with van der Waals surface area (Å²) in [5, 5.41) is 7.20. The Labute approximate surface area is 161 Å². The van der Waals surface area contributed by atoms with Gasteiger partial charge in [-0.05, 0) is 46.0 Å². The summed E-state index contributed by atoms with van der Waals surface area (Å²) in [5.74, 6) is 0.0177. The summed E-state index contributed by atoms with van der Waals surface area (Å²) in [4.78, 5) is 17.0. The zero-order chi connectivity index (χ0) is 18.7. The maximum absolute atomic E-state index is 13.0. The lowest BCUT2D eigenvalue weighted by atomic mass is 10.1. The van der Waals surface area contributed by atoms with Gasteiger partial charge >= 0.3 is 0 Å². The molecule has 1 fully saturated rings. The molecule has 3 rings (SSSR count). The third kappa shape index (κ3) is 4.32. The Bertz CT molecular complexity index is 759. The van der Waals surface area contributed by atoms with Crippen LogP contribution < -0.4 is 0 Å². The number of H-pyrrole nitrogens is 1. The van der Waals surface area contributed by atoms with Crippen LogP contribution in [0.5, 0.6) is 0 Å². The van der Waals surface area contributed by atoms with Crippen LogP contribution in [0.4, 0.5) is 4.39 Å². The second kappa shape index (κ2) is 8.31. The van der Waals surface area contributed by atoms with Gasteiger partial charge in [0.25, 0.3) is 5.91 Å².